The molecule has 8 nitrogen and oxygen atoms in total. The monoisotopic (exact) mass is 350 g/mol. The second kappa shape index (κ2) is 9.61. The minimum atomic E-state index is -1.25. The predicted octanol–water partition coefficient (Wildman–Crippen LogP) is 0.281. The molecule has 0 spiro atoms. The first-order valence-corrected chi connectivity index (χ1v) is 8.46. The van der Waals surface area contributed by atoms with Crippen molar-refractivity contribution in [3.63, 3.8) is 0 Å². The maximum atomic E-state index is 12.2. The maximum Gasteiger partial charge on any atom is 0.408 e. The second-order valence-electron chi connectivity index (χ2n) is 5.90. The van der Waals surface area contributed by atoms with Crippen molar-refractivity contribution in [3.8, 4) is 0 Å². The highest BCUT2D eigenvalue weighted by Crippen LogP contribution is 2.08. The van der Waals surface area contributed by atoms with Crippen molar-refractivity contribution in [2.45, 2.75) is 51.5 Å². The van der Waals surface area contributed by atoms with Crippen molar-refractivity contribution in [2.75, 3.05) is 19.1 Å². The Morgan fingerprint density at radius 3 is 2.17 bits per heavy atom. The minimum Gasteiger partial charge on any atom is -0.467 e. The van der Waals surface area contributed by atoms with Gasteiger partial charge in [0.2, 0.25) is 5.91 Å². The van der Waals surface area contributed by atoms with E-state index in [4.69, 9.17) is 4.74 Å². The number of methoxy groups -OCH3 is 1. The number of esters is 1. The number of hydrogen-bond acceptors (Lipinski definition) is 7. The van der Waals surface area contributed by atoms with Crippen LogP contribution in [0.1, 0.15) is 27.7 Å². The predicted molar refractivity (Wildman–Crippen MR) is 87.2 cm³/mol. The van der Waals surface area contributed by atoms with Crippen LogP contribution in [-0.2, 0) is 19.1 Å². The molecule has 0 aromatic rings. The molecular formula is C14H26N2O6S. The highest BCUT2D eigenvalue weighted by Gasteiger charge is 2.31. The molecule has 3 atom stereocenters. The first kappa shape index (κ1) is 21.5. The van der Waals surface area contributed by atoms with E-state index in [0.29, 0.717) is 5.75 Å². The highest BCUT2D eigenvalue weighted by molar-refractivity contribution is 7.98. The van der Waals surface area contributed by atoms with Crippen LogP contribution < -0.4 is 10.6 Å². The van der Waals surface area contributed by atoms with E-state index in [0.717, 1.165) is 0 Å². The molecule has 2 amide bonds. The van der Waals surface area contributed by atoms with Gasteiger partial charge in [0.25, 0.3) is 0 Å². The molecule has 3 unspecified atom stereocenters. The lowest BCUT2D eigenvalue weighted by molar-refractivity contribution is -0.144. The van der Waals surface area contributed by atoms with Crippen LogP contribution in [0.3, 0.4) is 0 Å². The first-order valence-electron chi connectivity index (χ1n) is 7.06. The Balaban J connectivity index is 4.91. The Kier molecular flexibility index (Phi) is 8.99. The number of carbonyl (C=O) groups is 3. The zero-order valence-electron chi connectivity index (χ0n) is 14.3. The maximum absolute atomic E-state index is 12.2. The van der Waals surface area contributed by atoms with Crippen molar-refractivity contribution in [1.29, 1.82) is 0 Å². The van der Waals surface area contributed by atoms with Crippen LogP contribution in [-0.4, -0.2) is 66.0 Å². The molecule has 0 saturated carbocycles. The molecule has 0 fully saturated rings. The normalized spacial score (nSPS) is 15.1. The van der Waals surface area contributed by atoms with E-state index in [9.17, 15) is 19.5 Å². The number of ether oxygens (including phenoxy) is 2. The Bertz CT molecular complexity index is 422. The number of hydrogen-bond donors (Lipinski definition) is 3. The molecule has 0 rings (SSSR count). The van der Waals surface area contributed by atoms with Gasteiger partial charge in [-0.2, -0.15) is 11.8 Å². The van der Waals surface area contributed by atoms with Gasteiger partial charge in [-0.15, -0.1) is 0 Å². The number of aliphatic hydroxyl groups excluding tert-OH is 1. The van der Waals surface area contributed by atoms with Crippen LogP contribution in [0.15, 0.2) is 0 Å². The molecule has 0 aliphatic carbocycles. The Labute approximate surface area is 140 Å². The van der Waals surface area contributed by atoms with Crippen LogP contribution in [0.25, 0.3) is 0 Å². The lowest BCUT2D eigenvalue weighted by Crippen LogP contribution is -2.56. The fraction of sp³-hybridized carbons (Fsp3) is 0.786. The number of thioether (sulfide) groups is 1. The molecule has 23 heavy (non-hydrogen) atoms. The SMILES string of the molecule is COC(=O)C(CSC)NC(=O)C(NC(=O)OC(C)(C)C)C(C)O. The summed E-state index contributed by atoms with van der Waals surface area (Å²) in [6, 6.07) is -2.12. The lowest BCUT2D eigenvalue weighted by Gasteiger charge is -2.26. The van der Waals surface area contributed by atoms with E-state index in [1.807, 2.05) is 0 Å². The standard InChI is InChI=1S/C14H26N2O6S/c1-8(17)10(16-13(20)22-14(2,3)4)11(18)15-9(7-23-6)12(19)21-5/h8-10,17H,7H2,1-6H3,(H,15,18)(H,16,20). The smallest absolute Gasteiger partial charge is 0.408 e. The molecule has 0 aromatic heterocycles. The number of amides is 2. The summed E-state index contributed by atoms with van der Waals surface area (Å²) in [5, 5.41) is 14.5. The Hall–Kier alpha value is -1.48. The molecule has 0 radical (unpaired) electrons. The zero-order chi connectivity index (χ0) is 18.2. The zero-order valence-corrected chi connectivity index (χ0v) is 15.2. The molecular weight excluding hydrogens is 324 g/mol. The molecule has 9 heteroatoms. The summed E-state index contributed by atoms with van der Waals surface area (Å²) in [7, 11) is 1.22. The topological polar surface area (TPSA) is 114 Å². The van der Waals surface area contributed by atoms with Crippen LogP contribution in [0.2, 0.25) is 0 Å². The number of rotatable bonds is 7. The average Bonchev–Trinajstić information content (AvgIpc) is 2.41. The van der Waals surface area contributed by atoms with Gasteiger partial charge in [-0.05, 0) is 34.0 Å². The summed E-state index contributed by atoms with van der Waals surface area (Å²) < 4.78 is 9.66. The number of aliphatic hydroxyl groups is 1. The Morgan fingerprint density at radius 1 is 1.22 bits per heavy atom. The van der Waals surface area contributed by atoms with E-state index in [-0.39, 0.29) is 0 Å². The average molecular weight is 350 g/mol. The summed E-state index contributed by atoms with van der Waals surface area (Å²) in [5.74, 6) is -0.998. The van der Waals surface area contributed by atoms with Crippen molar-refractivity contribution < 1.29 is 29.0 Å². The van der Waals surface area contributed by atoms with Gasteiger partial charge in [-0.3, -0.25) is 4.79 Å². The van der Waals surface area contributed by atoms with E-state index in [1.54, 1.807) is 27.0 Å². The molecule has 3 N–H and O–H groups in total. The molecule has 0 saturated heterocycles. The summed E-state index contributed by atoms with van der Waals surface area (Å²) in [4.78, 5) is 35.6. The van der Waals surface area contributed by atoms with Gasteiger partial charge in [0.1, 0.15) is 17.7 Å². The fourth-order valence-electron chi connectivity index (χ4n) is 1.58. The van der Waals surface area contributed by atoms with E-state index in [1.165, 1.54) is 25.8 Å². The number of nitrogens with one attached hydrogen (secondary N) is 2. The van der Waals surface area contributed by atoms with Gasteiger partial charge in [0.15, 0.2) is 0 Å². The molecule has 0 aromatic carbocycles. The van der Waals surface area contributed by atoms with Gasteiger partial charge in [-0.1, -0.05) is 0 Å². The molecule has 134 valence electrons. The third-order valence-electron chi connectivity index (χ3n) is 2.57. The fourth-order valence-corrected chi connectivity index (χ4v) is 2.13. The van der Waals surface area contributed by atoms with Gasteiger partial charge in [-0.25, -0.2) is 9.59 Å². The highest BCUT2D eigenvalue weighted by atomic mass is 32.2. The lowest BCUT2D eigenvalue weighted by atomic mass is 10.1. The van der Waals surface area contributed by atoms with Crippen molar-refractivity contribution in [1.82, 2.24) is 10.6 Å². The van der Waals surface area contributed by atoms with Gasteiger partial charge < -0.3 is 25.2 Å². The van der Waals surface area contributed by atoms with E-state index in [2.05, 4.69) is 15.4 Å². The largest absolute Gasteiger partial charge is 0.467 e. The molecule has 0 bridgehead atoms. The quantitative estimate of drug-likeness (QED) is 0.565. The van der Waals surface area contributed by atoms with Crippen LogP contribution in [0, 0.1) is 0 Å². The summed E-state index contributed by atoms with van der Waals surface area (Å²) in [5.41, 5.74) is -0.739. The number of alkyl carbamates (subject to hydrolysis) is 1. The third kappa shape index (κ3) is 8.65. The number of carbonyl (C=O) groups excluding carboxylic acids is 3. The first-order chi connectivity index (χ1) is 10.5. The van der Waals surface area contributed by atoms with Crippen LogP contribution in [0.5, 0.6) is 0 Å². The van der Waals surface area contributed by atoms with Crippen molar-refractivity contribution >= 4 is 29.7 Å². The summed E-state index contributed by atoms with van der Waals surface area (Å²) >= 11 is 1.35. The van der Waals surface area contributed by atoms with Crippen molar-refractivity contribution in [2.24, 2.45) is 0 Å². The van der Waals surface area contributed by atoms with Gasteiger partial charge >= 0.3 is 12.1 Å². The van der Waals surface area contributed by atoms with E-state index < -0.39 is 41.8 Å². The summed E-state index contributed by atoms with van der Waals surface area (Å²) in [6.07, 6.45) is -0.235. The van der Waals surface area contributed by atoms with Gasteiger partial charge in [0, 0.05) is 5.75 Å². The summed E-state index contributed by atoms with van der Waals surface area (Å²) in [6.45, 7) is 6.38. The molecule has 0 heterocycles. The molecule has 0 aliphatic heterocycles. The molecule has 0 aliphatic rings. The van der Waals surface area contributed by atoms with E-state index >= 15 is 0 Å². The third-order valence-corrected chi connectivity index (χ3v) is 3.24. The minimum absolute atomic E-state index is 0.303. The van der Waals surface area contributed by atoms with Gasteiger partial charge in [0.05, 0.1) is 13.2 Å². The van der Waals surface area contributed by atoms with Crippen LogP contribution >= 0.6 is 11.8 Å². The Morgan fingerprint density at radius 2 is 1.78 bits per heavy atom. The second-order valence-corrected chi connectivity index (χ2v) is 6.81. The van der Waals surface area contributed by atoms with Crippen molar-refractivity contribution in [3.05, 3.63) is 0 Å². The van der Waals surface area contributed by atoms with Crippen LogP contribution in [0.4, 0.5) is 4.79 Å².